The minimum Gasteiger partial charge on any atom is -0.367 e. The molecule has 2 saturated heterocycles. The van der Waals surface area contributed by atoms with Crippen molar-refractivity contribution in [2.75, 3.05) is 38.5 Å². The third-order valence-electron chi connectivity index (χ3n) is 5.52. The van der Waals surface area contributed by atoms with E-state index in [1.165, 1.54) is 25.9 Å². The average molecular weight is 429 g/mol. The van der Waals surface area contributed by atoms with E-state index in [2.05, 4.69) is 35.7 Å². The van der Waals surface area contributed by atoms with Crippen LogP contribution in [0.25, 0.3) is 5.57 Å². The van der Waals surface area contributed by atoms with E-state index in [0.717, 1.165) is 54.6 Å². The van der Waals surface area contributed by atoms with Gasteiger partial charge in [-0.05, 0) is 89.1 Å². The summed E-state index contributed by atoms with van der Waals surface area (Å²) < 4.78 is 0. The van der Waals surface area contributed by atoms with E-state index in [-0.39, 0.29) is 6.04 Å². The number of benzene rings is 1. The Hall–Kier alpha value is -2.18. The smallest absolute Gasteiger partial charge is 0.171 e. The molecule has 1 atom stereocenters. The molecule has 2 aliphatic heterocycles. The zero-order valence-electron chi connectivity index (χ0n) is 18.5. The summed E-state index contributed by atoms with van der Waals surface area (Å²) in [4.78, 5) is 15.2. The molecule has 1 aromatic carbocycles. The van der Waals surface area contributed by atoms with Gasteiger partial charge in [-0.1, -0.05) is 30.9 Å². The minimum atomic E-state index is 0.0526. The van der Waals surface area contributed by atoms with E-state index in [1.54, 1.807) is 0 Å². The van der Waals surface area contributed by atoms with Crippen molar-refractivity contribution in [3.63, 3.8) is 0 Å². The SMILES string of the molecule is C=C(C)c1cccc(NC(=S)NC2CCCCN(CC=O)C2=C)c1.CN1CCCC1. The highest BCUT2D eigenvalue weighted by molar-refractivity contribution is 7.80. The van der Waals surface area contributed by atoms with E-state index in [1.807, 2.05) is 36.1 Å². The Morgan fingerprint density at radius 3 is 2.53 bits per heavy atom. The van der Waals surface area contributed by atoms with E-state index in [9.17, 15) is 4.79 Å². The third kappa shape index (κ3) is 7.92. The molecule has 6 heteroatoms. The fourth-order valence-corrected chi connectivity index (χ4v) is 3.96. The number of hydrogen-bond donors (Lipinski definition) is 2. The van der Waals surface area contributed by atoms with Crippen LogP contribution in [-0.4, -0.2) is 60.5 Å². The number of carbonyl (C=O) groups excluding carboxylic acids is 1. The molecule has 2 heterocycles. The molecule has 0 bridgehead atoms. The molecule has 1 unspecified atom stereocenters. The Morgan fingerprint density at radius 1 is 1.23 bits per heavy atom. The van der Waals surface area contributed by atoms with Crippen molar-refractivity contribution in [3.8, 4) is 0 Å². The molecular weight excluding hydrogens is 392 g/mol. The standard InChI is InChI=1S/C19H25N3OS.C5H11N/c1-14(2)16-7-6-8-17(13-16)20-19(24)21-18-9-4-5-10-22(11-12-23)15(18)3;1-6-4-2-3-5-6/h6-8,12-13,18H,1,3-5,9-11H2,2H3,(H2,20,21,24);2-5H2,1H3. The van der Waals surface area contributed by atoms with Crippen LogP contribution in [0.2, 0.25) is 0 Å². The number of rotatable bonds is 5. The number of carbonyl (C=O) groups is 1. The van der Waals surface area contributed by atoms with Gasteiger partial charge in [-0.15, -0.1) is 0 Å². The van der Waals surface area contributed by atoms with E-state index in [4.69, 9.17) is 12.2 Å². The lowest BCUT2D eigenvalue weighted by Gasteiger charge is -2.28. The van der Waals surface area contributed by atoms with Crippen LogP contribution >= 0.6 is 12.2 Å². The molecule has 0 aliphatic carbocycles. The number of aldehydes is 1. The number of nitrogens with one attached hydrogen (secondary N) is 2. The van der Waals surface area contributed by atoms with Crippen LogP contribution in [0.4, 0.5) is 5.69 Å². The Balaban J connectivity index is 0.000000456. The lowest BCUT2D eigenvalue weighted by atomic mass is 10.1. The number of allylic oxidation sites excluding steroid dienone is 1. The van der Waals surface area contributed by atoms with Crippen molar-refractivity contribution in [1.29, 1.82) is 0 Å². The fourth-order valence-electron chi connectivity index (χ4n) is 3.70. The first-order valence-electron chi connectivity index (χ1n) is 10.8. The van der Waals surface area contributed by atoms with Crippen LogP contribution in [-0.2, 0) is 4.79 Å². The lowest BCUT2D eigenvalue weighted by molar-refractivity contribution is -0.108. The van der Waals surface area contributed by atoms with E-state index in [0.29, 0.717) is 11.7 Å². The van der Waals surface area contributed by atoms with Gasteiger partial charge in [-0.3, -0.25) is 0 Å². The van der Waals surface area contributed by atoms with Crippen LogP contribution in [0, 0.1) is 0 Å². The molecule has 2 aliphatic rings. The molecule has 2 fully saturated rings. The summed E-state index contributed by atoms with van der Waals surface area (Å²) in [5.74, 6) is 0. The van der Waals surface area contributed by atoms with Crippen LogP contribution in [0.5, 0.6) is 0 Å². The predicted molar refractivity (Wildman–Crippen MR) is 132 cm³/mol. The first kappa shape index (κ1) is 24.1. The summed E-state index contributed by atoms with van der Waals surface area (Å²) in [6, 6.07) is 8.05. The van der Waals surface area contributed by atoms with Gasteiger partial charge in [0.15, 0.2) is 5.11 Å². The molecular formula is C24H36N4OS. The van der Waals surface area contributed by atoms with Crippen molar-refractivity contribution < 1.29 is 4.79 Å². The quantitative estimate of drug-likeness (QED) is 0.539. The number of nitrogens with zero attached hydrogens (tertiary/aromatic N) is 2. The molecule has 0 radical (unpaired) electrons. The maximum absolute atomic E-state index is 10.8. The highest BCUT2D eigenvalue weighted by Crippen LogP contribution is 2.20. The first-order valence-corrected chi connectivity index (χ1v) is 11.2. The zero-order chi connectivity index (χ0) is 21.9. The van der Waals surface area contributed by atoms with Gasteiger partial charge in [0.25, 0.3) is 0 Å². The normalized spacial score (nSPS) is 19.3. The van der Waals surface area contributed by atoms with Crippen molar-refractivity contribution in [2.45, 2.75) is 45.1 Å². The van der Waals surface area contributed by atoms with Crippen molar-refractivity contribution >= 4 is 34.9 Å². The molecule has 2 N–H and O–H groups in total. The predicted octanol–water partition coefficient (Wildman–Crippen LogP) is 4.29. The molecule has 164 valence electrons. The second kappa shape index (κ2) is 12.5. The van der Waals surface area contributed by atoms with Gasteiger partial charge in [0.2, 0.25) is 0 Å². The highest BCUT2D eigenvalue weighted by atomic mass is 32.1. The maximum atomic E-state index is 10.8. The molecule has 0 spiro atoms. The summed E-state index contributed by atoms with van der Waals surface area (Å²) in [5, 5.41) is 7.12. The number of hydrogen-bond acceptors (Lipinski definition) is 4. The zero-order valence-corrected chi connectivity index (χ0v) is 19.3. The van der Waals surface area contributed by atoms with Gasteiger partial charge >= 0.3 is 0 Å². The van der Waals surface area contributed by atoms with Crippen molar-refractivity contribution in [1.82, 2.24) is 15.1 Å². The Morgan fingerprint density at radius 2 is 1.93 bits per heavy atom. The summed E-state index contributed by atoms with van der Waals surface area (Å²) in [7, 11) is 2.17. The number of thiocarbonyl (C=S) groups is 1. The molecule has 0 aromatic heterocycles. The molecule has 30 heavy (non-hydrogen) atoms. The second-order valence-electron chi connectivity index (χ2n) is 8.12. The van der Waals surface area contributed by atoms with Crippen LogP contribution in [0.3, 0.4) is 0 Å². The average Bonchev–Trinajstić information content (AvgIpc) is 3.13. The Kier molecular flexibility index (Phi) is 10.0. The van der Waals surface area contributed by atoms with Gasteiger partial charge in [-0.2, -0.15) is 0 Å². The monoisotopic (exact) mass is 428 g/mol. The largest absolute Gasteiger partial charge is 0.367 e. The summed E-state index contributed by atoms with van der Waals surface area (Å²) in [6.45, 7) is 14.0. The van der Waals surface area contributed by atoms with E-state index >= 15 is 0 Å². The molecule has 5 nitrogen and oxygen atoms in total. The Bertz CT molecular complexity index is 742. The highest BCUT2D eigenvalue weighted by Gasteiger charge is 2.22. The summed E-state index contributed by atoms with van der Waals surface area (Å²) in [6.07, 6.45) is 6.85. The molecule has 0 saturated carbocycles. The summed E-state index contributed by atoms with van der Waals surface area (Å²) in [5.41, 5.74) is 3.95. The van der Waals surface area contributed by atoms with Crippen molar-refractivity contribution in [3.05, 3.63) is 48.7 Å². The lowest BCUT2D eigenvalue weighted by Crippen LogP contribution is -2.42. The van der Waals surface area contributed by atoms with Gasteiger partial charge in [0, 0.05) is 17.9 Å². The van der Waals surface area contributed by atoms with Gasteiger partial charge in [0.05, 0.1) is 12.6 Å². The second-order valence-corrected chi connectivity index (χ2v) is 8.53. The van der Waals surface area contributed by atoms with Gasteiger partial charge < -0.3 is 25.2 Å². The molecule has 3 rings (SSSR count). The minimum absolute atomic E-state index is 0.0526. The third-order valence-corrected chi connectivity index (χ3v) is 5.74. The van der Waals surface area contributed by atoms with Crippen LogP contribution < -0.4 is 10.6 Å². The van der Waals surface area contributed by atoms with E-state index < -0.39 is 0 Å². The van der Waals surface area contributed by atoms with Gasteiger partial charge in [-0.25, -0.2) is 0 Å². The van der Waals surface area contributed by atoms with Crippen LogP contribution in [0.1, 0.15) is 44.6 Å². The summed E-state index contributed by atoms with van der Waals surface area (Å²) >= 11 is 5.45. The molecule has 1 aromatic rings. The number of anilines is 1. The maximum Gasteiger partial charge on any atom is 0.171 e. The first-order chi connectivity index (χ1) is 14.4. The number of likely N-dealkylation sites (tertiary alicyclic amines) is 2. The Labute approximate surface area is 187 Å². The fraction of sp³-hybridized carbons (Fsp3) is 0.500. The van der Waals surface area contributed by atoms with Crippen LogP contribution in [0.15, 0.2) is 43.1 Å². The van der Waals surface area contributed by atoms with Crippen molar-refractivity contribution in [2.24, 2.45) is 0 Å². The topological polar surface area (TPSA) is 47.6 Å². The van der Waals surface area contributed by atoms with Gasteiger partial charge in [0.1, 0.15) is 6.29 Å². The molecule has 0 amide bonds.